The minimum Gasteiger partial charge on any atom is -0.465 e. The fourth-order valence-electron chi connectivity index (χ4n) is 1.36. The van der Waals surface area contributed by atoms with Crippen LogP contribution < -0.4 is 5.32 Å². The van der Waals surface area contributed by atoms with Gasteiger partial charge in [0, 0.05) is 12.3 Å². The quantitative estimate of drug-likeness (QED) is 0.825. The van der Waals surface area contributed by atoms with Crippen molar-refractivity contribution in [1.82, 2.24) is 4.98 Å². The topological polar surface area (TPSA) is 85.4 Å². The van der Waals surface area contributed by atoms with Gasteiger partial charge in [-0.3, -0.25) is 0 Å². The van der Waals surface area contributed by atoms with Gasteiger partial charge in [-0.05, 0) is 25.5 Å². The summed E-state index contributed by atoms with van der Waals surface area (Å²) in [5.41, 5.74) is 0.156. The lowest BCUT2D eigenvalue weighted by Crippen LogP contribution is -2.16. The Morgan fingerprint density at radius 3 is 2.58 bits per heavy atom. The van der Waals surface area contributed by atoms with Crippen LogP contribution >= 0.6 is 0 Å². The van der Waals surface area contributed by atoms with E-state index in [4.69, 9.17) is 0 Å². The Kier molecular flexibility index (Phi) is 4.88. The van der Waals surface area contributed by atoms with Crippen molar-refractivity contribution in [3.05, 3.63) is 17.7 Å². The Morgan fingerprint density at radius 1 is 1.47 bits per heavy atom. The molecule has 1 aromatic rings. The molecule has 0 fully saturated rings. The molecule has 6 nitrogen and oxygen atoms in total. The minimum absolute atomic E-state index is 0.118. The molecule has 0 aromatic carbocycles. The molecule has 1 atom stereocenters. The van der Waals surface area contributed by atoms with Crippen molar-refractivity contribution in [1.29, 1.82) is 0 Å². The van der Waals surface area contributed by atoms with E-state index in [0.717, 1.165) is 12.7 Å². The second-order valence-corrected chi connectivity index (χ2v) is 6.26. The number of aromatic nitrogens is 1. The molecule has 7 heteroatoms. The highest BCUT2D eigenvalue weighted by atomic mass is 32.2. The van der Waals surface area contributed by atoms with E-state index in [1.54, 1.807) is 0 Å². The Hall–Kier alpha value is -1.63. The summed E-state index contributed by atoms with van der Waals surface area (Å²) in [4.78, 5) is 15.5. The van der Waals surface area contributed by atoms with E-state index in [1.807, 2.05) is 13.8 Å². The van der Waals surface area contributed by atoms with E-state index in [1.165, 1.54) is 19.2 Å². The molecular weight excluding hydrogens is 268 g/mol. The lowest BCUT2D eigenvalue weighted by atomic mass is 10.2. The van der Waals surface area contributed by atoms with Gasteiger partial charge < -0.3 is 10.1 Å². The fourth-order valence-corrected chi connectivity index (χ4v) is 1.96. The van der Waals surface area contributed by atoms with Gasteiger partial charge in [0.15, 0.2) is 14.9 Å². The predicted octanol–water partition coefficient (Wildman–Crippen LogP) is 1.48. The van der Waals surface area contributed by atoms with Crippen LogP contribution in [0.2, 0.25) is 0 Å². The molecule has 1 heterocycles. The van der Waals surface area contributed by atoms with E-state index in [-0.39, 0.29) is 16.6 Å². The zero-order valence-electron chi connectivity index (χ0n) is 11.4. The van der Waals surface area contributed by atoms with Crippen molar-refractivity contribution in [2.75, 3.05) is 18.7 Å². The molecule has 0 bridgehead atoms. The van der Waals surface area contributed by atoms with Crippen molar-refractivity contribution in [2.24, 2.45) is 0 Å². The van der Waals surface area contributed by atoms with Crippen LogP contribution in [0.1, 0.15) is 30.6 Å². The van der Waals surface area contributed by atoms with E-state index >= 15 is 0 Å². The van der Waals surface area contributed by atoms with Crippen molar-refractivity contribution >= 4 is 21.6 Å². The molecule has 1 aromatic heterocycles. The Bertz CT molecular complexity index is 569. The second kappa shape index (κ2) is 6.01. The number of rotatable bonds is 5. The van der Waals surface area contributed by atoms with Crippen LogP contribution in [-0.2, 0) is 14.6 Å². The Labute approximate surface area is 113 Å². The number of carbonyl (C=O) groups excluding carboxylic acids is 1. The number of nitrogens with zero attached hydrogens (tertiary/aromatic N) is 1. The smallest absolute Gasteiger partial charge is 0.338 e. The van der Waals surface area contributed by atoms with Crippen LogP contribution in [0.5, 0.6) is 0 Å². The first kappa shape index (κ1) is 15.4. The van der Waals surface area contributed by atoms with E-state index < -0.39 is 15.8 Å². The largest absolute Gasteiger partial charge is 0.465 e. The average Bonchev–Trinajstić information content (AvgIpc) is 2.36. The fraction of sp³-hybridized carbons (Fsp3) is 0.500. The number of carbonyl (C=O) groups is 1. The third-order valence-electron chi connectivity index (χ3n) is 2.61. The van der Waals surface area contributed by atoms with Gasteiger partial charge >= 0.3 is 5.97 Å². The van der Waals surface area contributed by atoms with Gasteiger partial charge in [0.05, 0.1) is 12.7 Å². The maximum absolute atomic E-state index is 11.6. The zero-order chi connectivity index (χ0) is 14.6. The molecule has 0 saturated heterocycles. The van der Waals surface area contributed by atoms with Crippen molar-refractivity contribution in [3.8, 4) is 0 Å². The highest BCUT2D eigenvalue weighted by molar-refractivity contribution is 7.90. The maximum Gasteiger partial charge on any atom is 0.338 e. The Morgan fingerprint density at radius 2 is 2.11 bits per heavy atom. The van der Waals surface area contributed by atoms with Crippen LogP contribution in [0.15, 0.2) is 17.2 Å². The van der Waals surface area contributed by atoms with Crippen LogP contribution in [-0.4, -0.2) is 38.8 Å². The first-order valence-electron chi connectivity index (χ1n) is 5.85. The molecule has 1 rings (SSSR count). The molecule has 106 valence electrons. The molecule has 0 amide bonds. The highest BCUT2D eigenvalue weighted by Gasteiger charge is 2.16. The van der Waals surface area contributed by atoms with Crippen LogP contribution in [0.4, 0.5) is 5.82 Å². The summed E-state index contributed by atoms with van der Waals surface area (Å²) in [5, 5.41) is 2.89. The molecule has 0 aliphatic carbocycles. The van der Waals surface area contributed by atoms with E-state index in [2.05, 4.69) is 15.0 Å². The number of pyridine rings is 1. The van der Waals surface area contributed by atoms with Crippen molar-refractivity contribution in [2.45, 2.75) is 31.3 Å². The molecule has 0 radical (unpaired) electrons. The number of methoxy groups -OCH3 is 1. The standard InChI is InChI=1S/C12H18N2O4S/c1-5-8(2)13-10-6-9(12(15)18-3)7-11(14-10)19(4,16)17/h6-8H,5H2,1-4H3,(H,13,14)/t8-/m0/s1. The summed E-state index contributed by atoms with van der Waals surface area (Å²) in [6.07, 6.45) is 1.89. The lowest BCUT2D eigenvalue weighted by molar-refractivity contribution is 0.0600. The zero-order valence-corrected chi connectivity index (χ0v) is 12.2. The van der Waals surface area contributed by atoms with Gasteiger partial charge in [-0.1, -0.05) is 6.92 Å². The van der Waals surface area contributed by atoms with Gasteiger partial charge in [-0.25, -0.2) is 18.2 Å². The normalized spacial score (nSPS) is 12.8. The molecule has 0 spiro atoms. The van der Waals surface area contributed by atoms with Gasteiger partial charge in [-0.2, -0.15) is 0 Å². The number of sulfone groups is 1. The molecule has 0 aliphatic heterocycles. The third kappa shape index (κ3) is 4.20. The lowest BCUT2D eigenvalue weighted by Gasteiger charge is -2.13. The summed E-state index contributed by atoms with van der Waals surface area (Å²) < 4.78 is 27.7. The highest BCUT2D eigenvalue weighted by Crippen LogP contribution is 2.16. The first-order chi connectivity index (χ1) is 8.77. The Balaban J connectivity index is 3.28. The molecular formula is C12H18N2O4S. The molecule has 0 aliphatic rings. The average molecular weight is 286 g/mol. The van der Waals surface area contributed by atoms with E-state index in [0.29, 0.717) is 5.82 Å². The molecule has 0 unspecified atom stereocenters. The maximum atomic E-state index is 11.6. The minimum atomic E-state index is -3.49. The van der Waals surface area contributed by atoms with E-state index in [9.17, 15) is 13.2 Å². The summed E-state index contributed by atoms with van der Waals surface area (Å²) in [5.74, 6) is -0.253. The monoisotopic (exact) mass is 286 g/mol. The number of hydrogen-bond donors (Lipinski definition) is 1. The summed E-state index contributed by atoms with van der Waals surface area (Å²) in [6.45, 7) is 3.92. The number of hydrogen-bond acceptors (Lipinski definition) is 6. The van der Waals surface area contributed by atoms with Gasteiger partial charge in [0.25, 0.3) is 0 Å². The van der Waals surface area contributed by atoms with Gasteiger partial charge in [0.1, 0.15) is 5.82 Å². The van der Waals surface area contributed by atoms with Gasteiger partial charge in [0.2, 0.25) is 0 Å². The summed E-state index contributed by atoms with van der Waals surface area (Å²) >= 11 is 0. The SMILES string of the molecule is CC[C@H](C)Nc1cc(C(=O)OC)cc(S(C)(=O)=O)n1. The van der Waals surface area contributed by atoms with Crippen LogP contribution in [0.25, 0.3) is 0 Å². The third-order valence-corrected chi connectivity index (χ3v) is 3.58. The van der Waals surface area contributed by atoms with Gasteiger partial charge in [-0.15, -0.1) is 0 Å². The molecule has 0 saturated carbocycles. The molecule has 1 N–H and O–H groups in total. The number of ether oxygens (including phenoxy) is 1. The predicted molar refractivity (Wildman–Crippen MR) is 72.1 cm³/mol. The summed E-state index contributed by atoms with van der Waals surface area (Å²) in [7, 11) is -2.25. The second-order valence-electron chi connectivity index (χ2n) is 4.30. The van der Waals surface area contributed by atoms with Crippen LogP contribution in [0, 0.1) is 0 Å². The molecule has 19 heavy (non-hydrogen) atoms. The number of nitrogens with one attached hydrogen (secondary N) is 1. The van der Waals surface area contributed by atoms with Crippen molar-refractivity contribution in [3.63, 3.8) is 0 Å². The summed E-state index contributed by atoms with van der Waals surface area (Å²) in [6, 6.07) is 2.81. The van der Waals surface area contributed by atoms with Crippen molar-refractivity contribution < 1.29 is 17.9 Å². The number of anilines is 1. The first-order valence-corrected chi connectivity index (χ1v) is 7.74. The number of esters is 1. The van der Waals surface area contributed by atoms with Crippen LogP contribution in [0.3, 0.4) is 0 Å².